The summed E-state index contributed by atoms with van der Waals surface area (Å²) in [6, 6.07) is 23.0. The summed E-state index contributed by atoms with van der Waals surface area (Å²) in [6.07, 6.45) is 0. The van der Waals surface area contributed by atoms with Gasteiger partial charge in [0.25, 0.3) is 0 Å². The number of fused-ring (bicyclic) bond motifs is 1. The van der Waals surface area contributed by atoms with Crippen molar-refractivity contribution in [2.24, 2.45) is 0 Å². The van der Waals surface area contributed by atoms with E-state index in [2.05, 4.69) is 15.3 Å². The molecule has 0 fully saturated rings. The Labute approximate surface area is 166 Å². The molecule has 3 aromatic carbocycles. The third-order valence-electron chi connectivity index (χ3n) is 4.01. The van der Waals surface area contributed by atoms with Crippen molar-refractivity contribution >= 4 is 45.6 Å². The van der Waals surface area contributed by atoms with Crippen LogP contribution in [0.2, 0.25) is 10.3 Å². The molecule has 0 unspecified atom stereocenters. The van der Waals surface area contributed by atoms with E-state index >= 15 is 0 Å². The molecule has 4 aromatic rings. The van der Waals surface area contributed by atoms with Crippen molar-refractivity contribution in [3.05, 3.63) is 88.7 Å². The lowest BCUT2D eigenvalue weighted by Crippen LogP contribution is -1.98. The number of para-hydroxylation sites is 1. The van der Waals surface area contributed by atoms with Crippen LogP contribution < -0.4 is 10.1 Å². The van der Waals surface area contributed by atoms with Crippen molar-refractivity contribution in [3.63, 3.8) is 0 Å². The van der Waals surface area contributed by atoms with Crippen LogP contribution in [0.1, 0.15) is 5.56 Å². The van der Waals surface area contributed by atoms with Crippen LogP contribution in [0, 0.1) is 0 Å². The Morgan fingerprint density at radius 2 is 1.56 bits per heavy atom. The molecule has 0 radical (unpaired) electrons. The molecule has 6 heteroatoms. The number of nitrogens with one attached hydrogen (secondary N) is 1. The number of anilines is 2. The summed E-state index contributed by atoms with van der Waals surface area (Å²) < 4.78 is 5.81. The minimum absolute atomic E-state index is 0.208. The lowest BCUT2D eigenvalue weighted by atomic mass is 10.2. The first-order valence-corrected chi connectivity index (χ1v) is 9.09. The van der Waals surface area contributed by atoms with E-state index in [1.54, 1.807) is 0 Å². The zero-order valence-electron chi connectivity index (χ0n) is 14.2. The molecule has 0 bridgehead atoms. The van der Waals surface area contributed by atoms with Gasteiger partial charge >= 0.3 is 0 Å². The Morgan fingerprint density at radius 1 is 0.815 bits per heavy atom. The van der Waals surface area contributed by atoms with Gasteiger partial charge in [-0.3, -0.25) is 0 Å². The second-order valence-electron chi connectivity index (χ2n) is 5.92. The van der Waals surface area contributed by atoms with E-state index in [0.29, 0.717) is 17.4 Å². The van der Waals surface area contributed by atoms with Gasteiger partial charge in [-0.05, 0) is 65.7 Å². The van der Waals surface area contributed by atoms with Crippen LogP contribution in [0.25, 0.3) is 10.9 Å². The summed E-state index contributed by atoms with van der Waals surface area (Å²) in [4.78, 5) is 8.54. The minimum atomic E-state index is 0.208. The lowest BCUT2D eigenvalue weighted by molar-refractivity contribution is 0.306. The smallest absolute Gasteiger partial charge is 0.224 e. The molecule has 1 heterocycles. The zero-order chi connectivity index (χ0) is 18.6. The molecule has 1 N–H and O–H groups in total. The van der Waals surface area contributed by atoms with Gasteiger partial charge in [-0.2, -0.15) is 4.98 Å². The first-order valence-electron chi connectivity index (χ1n) is 8.34. The summed E-state index contributed by atoms with van der Waals surface area (Å²) >= 11 is 11.9. The third-order valence-corrected chi connectivity index (χ3v) is 4.43. The number of nitrogens with zero attached hydrogens (tertiary/aromatic N) is 2. The predicted molar refractivity (Wildman–Crippen MR) is 110 cm³/mol. The average Bonchev–Trinajstić information content (AvgIpc) is 2.68. The van der Waals surface area contributed by atoms with Gasteiger partial charge in [0.05, 0.1) is 5.52 Å². The van der Waals surface area contributed by atoms with E-state index in [4.69, 9.17) is 27.9 Å². The SMILES string of the molecule is Clc1ccc(COc2ccc(Nc3nc(Cl)nc4ccccc34)cc2)cc1. The topological polar surface area (TPSA) is 47.0 Å². The molecule has 0 saturated carbocycles. The largest absolute Gasteiger partial charge is 0.489 e. The van der Waals surface area contributed by atoms with Crippen LogP contribution in [-0.4, -0.2) is 9.97 Å². The van der Waals surface area contributed by atoms with E-state index in [1.165, 1.54) is 0 Å². The number of hydrogen-bond donors (Lipinski definition) is 1. The fraction of sp³-hybridized carbons (Fsp3) is 0.0476. The first-order chi connectivity index (χ1) is 13.2. The Morgan fingerprint density at radius 3 is 2.33 bits per heavy atom. The minimum Gasteiger partial charge on any atom is -0.489 e. The molecule has 0 aliphatic rings. The van der Waals surface area contributed by atoms with Crippen LogP contribution in [0.3, 0.4) is 0 Å². The number of halogens is 2. The van der Waals surface area contributed by atoms with Gasteiger partial charge in [-0.1, -0.05) is 35.9 Å². The van der Waals surface area contributed by atoms with Crippen molar-refractivity contribution < 1.29 is 4.74 Å². The van der Waals surface area contributed by atoms with Gasteiger partial charge in [0.1, 0.15) is 18.2 Å². The van der Waals surface area contributed by atoms with E-state index in [0.717, 1.165) is 27.9 Å². The molecule has 0 saturated heterocycles. The highest BCUT2D eigenvalue weighted by Crippen LogP contribution is 2.26. The van der Waals surface area contributed by atoms with Gasteiger partial charge in [0.15, 0.2) is 0 Å². The summed E-state index contributed by atoms with van der Waals surface area (Å²) in [5.74, 6) is 1.45. The maximum absolute atomic E-state index is 6.03. The van der Waals surface area contributed by atoms with Gasteiger partial charge in [-0.25, -0.2) is 4.98 Å². The Balaban J connectivity index is 1.47. The number of hydrogen-bond acceptors (Lipinski definition) is 4. The molecule has 134 valence electrons. The molecule has 0 aliphatic heterocycles. The highest BCUT2D eigenvalue weighted by atomic mass is 35.5. The normalized spacial score (nSPS) is 10.7. The van der Waals surface area contributed by atoms with Crippen LogP contribution in [0.4, 0.5) is 11.5 Å². The number of benzene rings is 3. The molecule has 4 nitrogen and oxygen atoms in total. The highest BCUT2D eigenvalue weighted by Gasteiger charge is 2.07. The second kappa shape index (κ2) is 7.82. The van der Waals surface area contributed by atoms with Gasteiger partial charge in [0, 0.05) is 16.1 Å². The quantitative estimate of drug-likeness (QED) is 0.405. The van der Waals surface area contributed by atoms with E-state index in [9.17, 15) is 0 Å². The van der Waals surface area contributed by atoms with Gasteiger partial charge in [-0.15, -0.1) is 0 Å². The molecule has 0 amide bonds. The summed E-state index contributed by atoms with van der Waals surface area (Å²) in [7, 11) is 0. The molecule has 0 aliphatic carbocycles. The second-order valence-corrected chi connectivity index (χ2v) is 6.70. The van der Waals surface area contributed by atoms with Crippen LogP contribution >= 0.6 is 23.2 Å². The van der Waals surface area contributed by atoms with Crippen molar-refractivity contribution in [1.29, 1.82) is 0 Å². The van der Waals surface area contributed by atoms with Gasteiger partial charge < -0.3 is 10.1 Å². The predicted octanol–water partition coefficient (Wildman–Crippen LogP) is 6.26. The summed E-state index contributed by atoms with van der Waals surface area (Å²) in [5, 5.41) is 5.12. The van der Waals surface area contributed by atoms with E-state index in [1.807, 2.05) is 72.8 Å². The molecule has 1 aromatic heterocycles. The van der Waals surface area contributed by atoms with Gasteiger partial charge in [0.2, 0.25) is 5.28 Å². The molecular weight excluding hydrogens is 381 g/mol. The molecular formula is C21H15Cl2N3O. The van der Waals surface area contributed by atoms with E-state index < -0.39 is 0 Å². The number of ether oxygens (including phenoxy) is 1. The molecule has 0 spiro atoms. The number of rotatable bonds is 5. The lowest BCUT2D eigenvalue weighted by Gasteiger charge is -2.10. The summed E-state index contributed by atoms with van der Waals surface area (Å²) in [6.45, 7) is 0.482. The monoisotopic (exact) mass is 395 g/mol. The summed E-state index contributed by atoms with van der Waals surface area (Å²) in [5.41, 5.74) is 2.74. The average molecular weight is 396 g/mol. The van der Waals surface area contributed by atoms with Crippen LogP contribution in [-0.2, 0) is 6.61 Å². The fourth-order valence-electron chi connectivity index (χ4n) is 2.66. The Bertz CT molecular complexity index is 1070. The fourth-order valence-corrected chi connectivity index (χ4v) is 2.96. The zero-order valence-corrected chi connectivity index (χ0v) is 15.7. The Kier molecular flexibility index (Phi) is 5.10. The Hall–Kier alpha value is -2.82. The highest BCUT2D eigenvalue weighted by molar-refractivity contribution is 6.30. The van der Waals surface area contributed by atoms with Crippen molar-refractivity contribution in [2.75, 3.05) is 5.32 Å². The standard InChI is InChI=1S/C21H15Cl2N3O/c22-15-7-5-14(6-8-15)13-27-17-11-9-16(10-12-17)24-20-18-3-1-2-4-19(18)25-21(23)26-20/h1-12H,13H2,(H,24,25,26). The maximum Gasteiger partial charge on any atom is 0.224 e. The van der Waals surface area contributed by atoms with Crippen molar-refractivity contribution in [1.82, 2.24) is 9.97 Å². The maximum atomic E-state index is 6.03. The first kappa shape index (κ1) is 17.6. The number of aromatic nitrogens is 2. The van der Waals surface area contributed by atoms with Crippen LogP contribution in [0.15, 0.2) is 72.8 Å². The molecule has 4 rings (SSSR count). The van der Waals surface area contributed by atoms with E-state index in [-0.39, 0.29) is 5.28 Å². The molecule has 0 atom stereocenters. The van der Waals surface area contributed by atoms with Crippen LogP contribution in [0.5, 0.6) is 5.75 Å². The van der Waals surface area contributed by atoms with Crippen molar-refractivity contribution in [3.8, 4) is 5.75 Å². The van der Waals surface area contributed by atoms with Crippen molar-refractivity contribution in [2.45, 2.75) is 6.61 Å². The third kappa shape index (κ3) is 4.30. The molecule has 27 heavy (non-hydrogen) atoms.